The Morgan fingerprint density at radius 2 is 2.03 bits per heavy atom. The first kappa shape index (κ1) is 21.8. The van der Waals surface area contributed by atoms with Crippen LogP contribution < -0.4 is 4.74 Å². The van der Waals surface area contributed by atoms with Gasteiger partial charge in [0.2, 0.25) is 0 Å². The molecule has 2 heterocycles. The third-order valence-corrected chi connectivity index (χ3v) is 5.66. The van der Waals surface area contributed by atoms with E-state index in [1.54, 1.807) is 54.8 Å². The summed E-state index contributed by atoms with van der Waals surface area (Å²) in [5, 5.41) is 8.21. The number of benzene rings is 2. The number of pyridine rings is 1. The zero-order chi connectivity index (χ0) is 22.8. The van der Waals surface area contributed by atoms with Crippen LogP contribution in [-0.2, 0) is 0 Å². The minimum absolute atomic E-state index is 0.182. The van der Waals surface area contributed by atoms with E-state index in [4.69, 9.17) is 16.3 Å². The van der Waals surface area contributed by atoms with E-state index in [-0.39, 0.29) is 17.0 Å². The second kappa shape index (κ2) is 8.96. The molecular weight excluding hydrogens is 431 g/mol. The monoisotopic (exact) mass is 452 g/mol. The molecule has 0 radical (unpaired) electrons. The van der Waals surface area contributed by atoms with Crippen molar-refractivity contribution in [2.45, 2.75) is 19.9 Å². The van der Waals surface area contributed by atoms with Gasteiger partial charge < -0.3 is 9.64 Å². The Bertz CT molecular complexity index is 1270. The number of carbonyl (C=O) groups is 1. The van der Waals surface area contributed by atoms with Crippen molar-refractivity contribution in [1.82, 2.24) is 20.1 Å². The Hall–Kier alpha value is -3.45. The van der Waals surface area contributed by atoms with Gasteiger partial charge in [-0.15, -0.1) is 0 Å². The Morgan fingerprint density at radius 1 is 1.22 bits per heavy atom. The second-order valence-corrected chi connectivity index (χ2v) is 7.89. The van der Waals surface area contributed by atoms with E-state index in [9.17, 15) is 9.18 Å². The summed E-state index contributed by atoms with van der Waals surface area (Å²) in [6, 6.07) is 9.17. The van der Waals surface area contributed by atoms with Crippen LogP contribution in [0.4, 0.5) is 4.39 Å². The van der Waals surface area contributed by atoms with Crippen molar-refractivity contribution in [3.63, 3.8) is 0 Å². The number of nitrogens with one attached hydrogen (secondary N) is 1. The molecule has 0 fully saturated rings. The quantitative estimate of drug-likeness (QED) is 0.410. The molecule has 2 aromatic carbocycles. The Morgan fingerprint density at radius 3 is 2.78 bits per heavy atom. The highest BCUT2D eigenvalue weighted by Gasteiger charge is 2.23. The molecule has 0 unspecified atom stereocenters. The van der Waals surface area contributed by atoms with Crippen LogP contribution in [0.25, 0.3) is 22.0 Å². The standard InChI is InChI=1S/C24H22ClFN4O2/c1-4-32-22-9-15(5-6-20(22)16-7-18(25)10-19(26)8-16)24(31)30(3)14(2)21-13-27-11-17-12-28-29-23(17)21/h5-14H,4H2,1-3H3,(H,28,29)/t14-/m0/s1. The first-order chi connectivity index (χ1) is 15.4. The number of aromatic amines is 1. The van der Waals surface area contributed by atoms with Gasteiger partial charge in [0, 0.05) is 46.5 Å². The van der Waals surface area contributed by atoms with Crippen LogP contribution in [0.1, 0.15) is 35.8 Å². The van der Waals surface area contributed by atoms with Crippen LogP contribution in [0.15, 0.2) is 55.0 Å². The third kappa shape index (κ3) is 4.16. The number of ether oxygens (including phenoxy) is 1. The molecule has 0 saturated heterocycles. The summed E-state index contributed by atoms with van der Waals surface area (Å²) in [4.78, 5) is 19.2. The average molecular weight is 453 g/mol. The van der Waals surface area contributed by atoms with E-state index < -0.39 is 5.82 Å². The van der Waals surface area contributed by atoms with E-state index >= 15 is 0 Å². The Kier molecular flexibility index (Phi) is 6.10. The van der Waals surface area contributed by atoms with Crippen molar-refractivity contribution < 1.29 is 13.9 Å². The first-order valence-corrected chi connectivity index (χ1v) is 10.5. The van der Waals surface area contributed by atoms with Crippen LogP contribution in [0.2, 0.25) is 5.02 Å². The van der Waals surface area contributed by atoms with Crippen LogP contribution >= 0.6 is 11.6 Å². The Balaban J connectivity index is 1.67. The maximum absolute atomic E-state index is 13.9. The van der Waals surface area contributed by atoms with Crippen LogP contribution in [0.5, 0.6) is 5.75 Å². The van der Waals surface area contributed by atoms with E-state index in [0.717, 1.165) is 16.5 Å². The fourth-order valence-electron chi connectivity index (χ4n) is 3.67. The minimum Gasteiger partial charge on any atom is -0.493 e. The van der Waals surface area contributed by atoms with E-state index in [1.807, 2.05) is 13.8 Å². The average Bonchev–Trinajstić information content (AvgIpc) is 3.26. The molecule has 8 heteroatoms. The first-order valence-electron chi connectivity index (χ1n) is 10.2. The maximum atomic E-state index is 13.9. The van der Waals surface area contributed by atoms with Crippen molar-refractivity contribution in [3.05, 3.63) is 77.0 Å². The number of fused-ring (bicyclic) bond motifs is 1. The van der Waals surface area contributed by atoms with E-state index in [1.165, 1.54) is 12.1 Å². The lowest BCUT2D eigenvalue weighted by atomic mass is 10.0. The molecule has 2 aromatic heterocycles. The van der Waals surface area contributed by atoms with Gasteiger partial charge in [-0.3, -0.25) is 14.9 Å². The number of halogens is 2. The predicted octanol–water partition coefficient (Wildman–Crippen LogP) is 5.65. The van der Waals surface area contributed by atoms with Gasteiger partial charge in [-0.2, -0.15) is 5.10 Å². The molecule has 4 aromatic rings. The molecule has 0 saturated carbocycles. The smallest absolute Gasteiger partial charge is 0.254 e. The summed E-state index contributed by atoms with van der Waals surface area (Å²) < 4.78 is 19.7. The highest BCUT2D eigenvalue weighted by molar-refractivity contribution is 6.30. The molecule has 1 atom stereocenters. The van der Waals surface area contributed by atoms with Gasteiger partial charge in [0.25, 0.3) is 5.91 Å². The fourth-order valence-corrected chi connectivity index (χ4v) is 3.89. The van der Waals surface area contributed by atoms with Crippen molar-refractivity contribution in [2.24, 2.45) is 0 Å². The van der Waals surface area contributed by atoms with Crippen molar-refractivity contribution in [2.75, 3.05) is 13.7 Å². The fraction of sp³-hybridized carbons (Fsp3) is 0.208. The van der Waals surface area contributed by atoms with Gasteiger partial charge in [-0.1, -0.05) is 11.6 Å². The lowest BCUT2D eigenvalue weighted by molar-refractivity contribution is 0.0743. The number of hydrogen-bond acceptors (Lipinski definition) is 4. The SMILES string of the molecule is CCOc1cc(C(=O)N(C)[C@@H](C)c2cncc3cn[nH]c23)ccc1-c1cc(F)cc(Cl)c1. The number of amides is 1. The van der Waals surface area contributed by atoms with Crippen molar-refractivity contribution in [1.29, 1.82) is 0 Å². The number of nitrogens with zero attached hydrogens (tertiary/aromatic N) is 3. The molecule has 32 heavy (non-hydrogen) atoms. The molecule has 4 rings (SSSR count). The summed E-state index contributed by atoms with van der Waals surface area (Å²) >= 11 is 6.03. The number of rotatable bonds is 6. The summed E-state index contributed by atoms with van der Waals surface area (Å²) in [5.74, 6) is -0.137. The molecule has 0 bridgehead atoms. The topological polar surface area (TPSA) is 71.1 Å². The number of H-pyrrole nitrogens is 1. The van der Waals surface area contributed by atoms with Gasteiger partial charge in [-0.05, 0) is 55.8 Å². The lowest BCUT2D eigenvalue weighted by Gasteiger charge is -2.26. The molecule has 0 aliphatic carbocycles. The lowest BCUT2D eigenvalue weighted by Crippen LogP contribution is -2.30. The van der Waals surface area contributed by atoms with Crippen molar-refractivity contribution in [3.8, 4) is 16.9 Å². The zero-order valence-corrected chi connectivity index (χ0v) is 18.7. The van der Waals surface area contributed by atoms with Crippen molar-refractivity contribution >= 4 is 28.4 Å². The van der Waals surface area contributed by atoms with Crippen LogP contribution in [0, 0.1) is 5.82 Å². The summed E-state index contributed by atoms with van der Waals surface area (Å²) in [7, 11) is 1.74. The maximum Gasteiger partial charge on any atom is 0.254 e. The van der Waals surface area contributed by atoms with Gasteiger partial charge in [-0.25, -0.2) is 4.39 Å². The largest absolute Gasteiger partial charge is 0.493 e. The van der Waals surface area contributed by atoms with Gasteiger partial charge in [0.05, 0.1) is 24.4 Å². The number of aromatic nitrogens is 3. The van der Waals surface area contributed by atoms with Crippen LogP contribution in [0.3, 0.4) is 0 Å². The summed E-state index contributed by atoms with van der Waals surface area (Å²) in [5.41, 5.74) is 3.41. The number of hydrogen-bond donors (Lipinski definition) is 1. The van der Waals surface area contributed by atoms with Gasteiger partial charge in [0.1, 0.15) is 11.6 Å². The normalized spacial score (nSPS) is 12.0. The molecule has 0 aliphatic heterocycles. The third-order valence-electron chi connectivity index (χ3n) is 5.44. The predicted molar refractivity (Wildman–Crippen MR) is 122 cm³/mol. The van der Waals surface area contributed by atoms with E-state index in [0.29, 0.717) is 29.0 Å². The van der Waals surface area contributed by atoms with Crippen LogP contribution in [-0.4, -0.2) is 39.6 Å². The highest BCUT2D eigenvalue weighted by Crippen LogP contribution is 2.34. The molecule has 6 nitrogen and oxygen atoms in total. The molecule has 0 aliphatic rings. The highest BCUT2D eigenvalue weighted by atomic mass is 35.5. The van der Waals surface area contributed by atoms with E-state index in [2.05, 4.69) is 15.2 Å². The summed E-state index contributed by atoms with van der Waals surface area (Å²) in [6.07, 6.45) is 5.16. The molecular formula is C24H22ClFN4O2. The summed E-state index contributed by atoms with van der Waals surface area (Å²) in [6.45, 7) is 4.18. The molecule has 0 spiro atoms. The van der Waals surface area contributed by atoms with Gasteiger partial charge >= 0.3 is 0 Å². The number of carbonyl (C=O) groups excluding carboxylic acids is 1. The zero-order valence-electron chi connectivity index (χ0n) is 17.9. The minimum atomic E-state index is -0.440. The molecule has 164 valence electrons. The second-order valence-electron chi connectivity index (χ2n) is 7.46. The molecule has 1 amide bonds. The Labute approximate surface area is 190 Å². The molecule has 1 N–H and O–H groups in total. The van der Waals surface area contributed by atoms with Gasteiger partial charge in [0.15, 0.2) is 0 Å².